The van der Waals surface area contributed by atoms with Gasteiger partial charge in [-0.15, -0.1) is 0 Å². The van der Waals surface area contributed by atoms with E-state index in [1.807, 2.05) is 0 Å². The van der Waals surface area contributed by atoms with Crippen molar-refractivity contribution < 1.29 is 44.0 Å². The van der Waals surface area contributed by atoms with E-state index in [0.29, 0.717) is 0 Å². The SMILES string of the molecule is C1=CC[C]([Ti+2][c]2cc3ccccc3[nH]2)=C1.[Cl-].[Cl-]. The number of aromatic nitrogens is 1. The van der Waals surface area contributed by atoms with E-state index in [9.17, 15) is 0 Å². The molecule has 0 amide bonds. The van der Waals surface area contributed by atoms with Gasteiger partial charge in [0.1, 0.15) is 0 Å². The van der Waals surface area contributed by atoms with Crippen LogP contribution >= 0.6 is 0 Å². The van der Waals surface area contributed by atoms with Crippen LogP contribution in [0.15, 0.2) is 52.4 Å². The summed E-state index contributed by atoms with van der Waals surface area (Å²) in [5.74, 6) is 0. The van der Waals surface area contributed by atoms with Crippen LogP contribution < -0.4 is 28.8 Å². The molecule has 1 nitrogen and oxygen atoms in total. The Balaban J connectivity index is 0.000000722. The van der Waals surface area contributed by atoms with Crippen molar-refractivity contribution in [1.82, 2.24) is 4.98 Å². The van der Waals surface area contributed by atoms with E-state index >= 15 is 0 Å². The van der Waals surface area contributed by atoms with Gasteiger partial charge in [-0.1, -0.05) is 0 Å². The van der Waals surface area contributed by atoms with Gasteiger partial charge in [-0.05, 0) is 0 Å². The molecule has 1 aliphatic carbocycles. The number of para-hydroxylation sites is 1. The van der Waals surface area contributed by atoms with Crippen LogP contribution in [0.1, 0.15) is 6.42 Å². The molecule has 0 unspecified atom stereocenters. The summed E-state index contributed by atoms with van der Waals surface area (Å²) in [5.41, 5.74) is 1.27. The Labute approximate surface area is 122 Å². The minimum absolute atomic E-state index is 0. The first-order valence-electron chi connectivity index (χ1n) is 5.12. The average molecular weight is 300 g/mol. The monoisotopic (exact) mass is 299 g/mol. The number of halogens is 2. The van der Waals surface area contributed by atoms with Crippen molar-refractivity contribution in [3.05, 3.63) is 52.4 Å². The molecule has 3 rings (SSSR count). The van der Waals surface area contributed by atoms with Crippen molar-refractivity contribution in [2.75, 3.05) is 0 Å². The van der Waals surface area contributed by atoms with Crippen LogP contribution in [-0.2, 0) is 19.2 Å². The second kappa shape index (κ2) is 6.46. The molecule has 0 radical (unpaired) electrons. The third-order valence-electron chi connectivity index (χ3n) is 2.60. The van der Waals surface area contributed by atoms with Crippen molar-refractivity contribution >= 4 is 14.9 Å². The number of nitrogens with one attached hydrogen (secondary N) is 1. The molecule has 0 atom stereocenters. The maximum atomic E-state index is 3.51. The quantitative estimate of drug-likeness (QED) is 0.560. The van der Waals surface area contributed by atoms with Crippen LogP contribution in [-0.4, -0.2) is 4.98 Å². The molecule has 0 aliphatic heterocycles. The van der Waals surface area contributed by atoms with E-state index in [4.69, 9.17) is 0 Å². The van der Waals surface area contributed by atoms with Crippen molar-refractivity contribution in [2.24, 2.45) is 0 Å². The maximum Gasteiger partial charge on any atom is -1.00 e. The van der Waals surface area contributed by atoms with Gasteiger partial charge in [0.05, 0.1) is 0 Å². The topological polar surface area (TPSA) is 15.8 Å². The molecule has 0 bridgehead atoms. The molecular formula is C13H11Cl2NTi. The Kier molecular flexibility index (Phi) is 5.55. The number of benzene rings is 1. The molecule has 0 saturated heterocycles. The van der Waals surface area contributed by atoms with E-state index in [0.717, 1.165) is 6.42 Å². The second-order valence-electron chi connectivity index (χ2n) is 3.72. The molecule has 86 valence electrons. The summed E-state index contributed by atoms with van der Waals surface area (Å²) in [6.07, 6.45) is 7.84. The third-order valence-corrected chi connectivity index (χ3v) is 4.52. The predicted octanol–water partition coefficient (Wildman–Crippen LogP) is -3.27. The largest absolute Gasteiger partial charge is 1.00 e. The minimum atomic E-state index is -0.122. The smallest absolute Gasteiger partial charge is 1.00 e. The zero-order valence-corrected chi connectivity index (χ0v) is 12.2. The Morgan fingerprint density at radius 3 is 2.65 bits per heavy atom. The molecule has 1 aromatic carbocycles. The summed E-state index contributed by atoms with van der Waals surface area (Å²) in [5, 5.41) is 1.34. The molecule has 0 saturated carbocycles. The molecule has 2 aromatic rings. The molecular weight excluding hydrogens is 289 g/mol. The summed E-state index contributed by atoms with van der Waals surface area (Å²) in [7, 11) is 0. The van der Waals surface area contributed by atoms with E-state index in [1.54, 1.807) is 3.88 Å². The van der Waals surface area contributed by atoms with Crippen LogP contribution in [0.5, 0.6) is 0 Å². The summed E-state index contributed by atoms with van der Waals surface area (Å²) >= 11 is -0.122. The van der Waals surface area contributed by atoms with Gasteiger partial charge in [0.25, 0.3) is 0 Å². The number of allylic oxidation sites excluding steroid dienone is 4. The van der Waals surface area contributed by atoms with Gasteiger partial charge in [-0.25, -0.2) is 0 Å². The van der Waals surface area contributed by atoms with E-state index in [2.05, 4.69) is 53.5 Å². The van der Waals surface area contributed by atoms with E-state index in [1.165, 1.54) is 14.9 Å². The summed E-state index contributed by atoms with van der Waals surface area (Å²) < 4.78 is 3.05. The number of H-pyrrole nitrogens is 1. The predicted molar refractivity (Wildman–Crippen MR) is 59.8 cm³/mol. The molecule has 1 aliphatic rings. The fourth-order valence-electron chi connectivity index (χ4n) is 1.85. The Hall–Kier alpha value is -0.466. The van der Waals surface area contributed by atoms with Crippen molar-refractivity contribution in [2.45, 2.75) is 6.42 Å². The Bertz CT molecular complexity index is 524. The second-order valence-corrected chi connectivity index (χ2v) is 5.95. The van der Waals surface area contributed by atoms with Gasteiger partial charge >= 0.3 is 97.9 Å². The zero-order chi connectivity index (χ0) is 10.1. The number of hydrogen-bond donors (Lipinski definition) is 1. The van der Waals surface area contributed by atoms with Gasteiger partial charge in [0.2, 0.25) is 0 Å². The fraction of sp³-hybridized carbons (Fsp3) is 0.0769. The summed E-state index contributed by atoms with van der Waals surface area (Å²) in [4.78, 5) is 3.51. The van der Waals surface area contributed by atoms with Crippen LogP contribution in [0.3, 0.4) is 0 Å². The maximum absolute atomic E-state index is 3.51. The Morgan fingerprint density at radius 2 is 1.94 bits per heavy atom. The summed E-state index contributed by atoms with van der Waals surface area (Å²) in [6.45, 7) is 0. The minimum Gasteiger partial charge on any atom is -1.00 e. The van der Waals surface area contributed by atoms with Crippen molar-refractivity contribution in [3.8, 4) is 0 Å². The van der Waals surface area contributed by atoms with E-state index in [-0.39, 0.29) is 44.0 Å². The standard InChI is InChI=1S/C8H6N.C5H5.2ClH.Ti/c1-2-4-8-7(3-1)5-6-9-8;1-2-4-5-3-1;;;/h1-5,9H;1-3H,4H2;2*1H;/q;;;;+2/p-2. The molecule has 1 heterocycles. The van der Waals surface area contributed by atoms with Crippen LogP contribution in [0.2, 0.25) is 0 Å². The van der Waals surface area contributed by atoms with Gasteiger partial charge in [-0.2, -0.15) is 0 Å². The molecule has 1 N–H and O–H groups in total. The van der Waals surface area contributed by atoms with Gasteiger partial charge < -0.3 is 24.8 Å². The van der Waals surface area contributed by atoms with Crippen LogP contribution in [0.25, 0.3) is 10.9 Å². The first-order chi connectivity index (χ1) is 7.42. The van der Waals surface area contributed by atoms with Crippen molar-refractivity contribution in [1.29, 1.82) is 0 Å². The van der Waals surface area contributed by atoms with Crippen LogP contribution in [0, 0.1) is 0 Å². The zero-order valence-electron chi connectivity index (χ0n) is 9.08. The summed E-state index contributed by atoms with van der Waals surface area (Å²) in [6, 6.07) is 10.8. The molecule has 0 spiro atoms. The van der Waals surface area contributed by atoms with Crippen molar-refractivity contribution in [3.63, 3.8) is 0 Å². The van der Waals surface area contributed by atoms with Gasteiger partial charge in [-0.3, -0.25) is 0 Å². The first-order valence-corrected chi connectivity index (χ1v) is 6.68. The number of fused-ring (bicyclic) bond motifs is 1. The molecule has 17 heavy (non-hydrogen) atoms. The number of rotatable bonds is 2. The fourth-order valence-corrected chi connectivity index (χ4v) is 3.68. The van der Waals surface area contributed by atoms with E-state index < -0.39 is 0 Å². The van der Waals surface area contributed by atoms with Gasteiger partial charge in [0, 0.05) is 0 Å². The average Bonchev–Trinajstić information content (AvgIpc) is 2.86. The number of hydrogen-bond acceptors (Lipinski definition) is 0. The molecule has 0 fully saturated rings. The van der Waals surface area contributed by atoms with Crippen LogP contribution in [0.4, 0.5) is 0 Å². The third kappa shape index (κ3) is 3.26. The molecule has 4 heteroatoms. The van der Waals surface area contributed by atoms with Gasteiger partial charge in [0.15, 0.2) is 0 Å². The molecule has 1 aromatic heterocycles. The normalized spacial score (nSPS) is 12.6. The number of aromatic amines is 1. The Morgan fingerprint density at radius 1 is 1.12 bits per heavy atom. The first kappa shape index (κ1) is 14.6.